The first-order chi connectivity index (χ1) is 10.3. The van der Waals surface area contributed by atoms with Crippen LogP contribution in [0.4, 0.5) is 5.82 Å². The van der Waals surface area contributed by atoms with E-state index in [1.54, 1.807) is 13.3 Å². The van der Waals surface area contributed by atoms with Gasteiger partial charge >= 0.3 is 0 Å². The van der Waals surface area contributed by atoms with Crippen LogP contribution in [0.5, 0.6) is 5.88 Å². The van der Waals surface area contributed by atoms with Gasteiger partial charge in [0.1, 0.15) is 12.1 Å². The Morgan fingerprint density at radius 2 is 2.19 bits per heavy atom. The maximum atomic E-state index is 5.65. The number of methoxy groups -OCH3 is 1. The molecule has 2 heterocycles. The minimum atomic E-state index is 0.601. The summed E-state index contributed by atoms with van der Waals surface area (Å²) < 4.78 is 5.28. The van der Waals surface area contributed by atoms with Crippen LogP contribution < -0.4 is 15.4 Å². The van der Waals surface area contributed by atoms with Gasteiger partial charge in [0.05, 0.1) is 12.7 Å². The molecule has 6 nitrogen and oxygen atoms in total. The molecule has 0 aromatic carbocycles. The Morgan fingerprint density at radius 1 is 1.33 bits per heavy atom. The molecule has 0 bridgehead atoms. The summed E-state index contributed by atoms with van der Waals surface area (Å²) in [6.45, 7) is 4.17. The zero-order valence-corrected chi connectivity index (χ0v) is 12.5. The number of hydrogen-bond acceptors (Lipinski definition) is 6. The summed E-state index contributed by atoms with van der Waals surface area (Å²) in [6, 6.07) is 3.99. The summed E-state index contributed by atoms with van der Waals surface area (Å²) >= 11 is 0. The van der Waals surface area contributed by atoms with Crippen molar-refractivity contribution in [2.45, 2.75) is 19.9 Å². The van der Waals surface area contributed by atoms with E-state index in [0.29, 0.717) is 12.4 Å². The van der Waals surface area contributed by atoms with Crippen LogP contribution in [0.2, 0.25) is 0 Å². The lowest BCUT2D eigenvalue weighted by Crippen LogP contribution is -2.27. The van der Waals surface area contributed by atoms with Crippen molar-refractivity contribution in [3.05, 3.63) is 42.0 Å². The lowest BCUT2D eigenvalue weighted by Gasteiger charge is -2.25. The van der Waals surface area contributed by atoms with E-state index in [0.717, 1.165) is 36.5 Å². The number of nitrogens with two attached hydrogens (primary N) is 1. The highest BCUT2D eigenvalue weighted by atomic mass is 16.5. The first-order valence-electron chi connectivity index (χ1n) is 6.95. The van der Waals surface area contributed by atoms with E-state index < -0.39 is 0 Å². The third-order valence-electron chi connectivity index (χ3n) is 3.23. The molecule has 0 radical (unpaired) electrons. The van der Waals surface area contributed by atoms with E-state index in [2.05, 4.69) is 25.9 Å². The van der Waals surface area contributed by atoms with Crippen LogP contribution >= 0.6 is 0 Å². The molecule has 0 fully saturated rings. The zero-order chi connectivity index (χ0) is 15.1. The van der Waals surface area contributed by atoms with E-state index in [1.807, 2.05) is 19.2 Å². The number of aromatic nitrogens is 3. The monoisotopic (exact) mass is 287 g/mol. The van der Waals surface area contributed by atoms with Crippen molar-refractivity contribution in [2.24, 2.45) is 5.73 Å². The smallest absolute Gasteiger partial charge is 0.221 e. The summed E-state index contributed by atoms with van der Waals surface area (Å²) in [5, 5.41) is 0. The molecule has 0 saturated carbocycles. The van der Waals surface area contributed by atoms with Gasteiger partial charge in [0, 0.05) is 25.5 Å². The Kier molecular flexibility index (Phi) is 5.45. The average Bonchev–Trinajstić information content (AvgIpc) is 2.53. The number of ether oxygens (including phenoxy) is 1. The largest absolute Gasteiger partial charge is 0.481 e. The first kappa shape index (κ1) is 15.2. The van der Waals surface area contributed by atoms with Gasteiger partial charge in [0.25, 0.3) is 0 Å². The van der Waals surface area contributed by atoms with Gasteiger partial charge in [0.2, 0.25) is 5.88 Å². The Hall–Kier alpha value is -2.21. The number of nitrogens with zero attached hydrogens (tertiary/aromatic N) is 4. The van der Waals surface area contributed by atoms with E-state index >= 15 is 0 Å². The van der Waals surface area contributed by atoms with E-state index in [1.165, 1.54) is 6.33 Å². The lowest BCUT2D eigenvalue weighted by molar-refractivity contribution is 0.393. The van der Waals surface area contributed by atoms with Crippen LogP contribution in [0, 0.1) is 6.92 Å². The molecular formula is C15H21N5O. The molecule has 0 saturated heterocycles. The summed E-state index contributed by atoms with van der Waals surface area (Å²) in [4.78, 5) is 14.9. The maximum absolute atomic E-state index is 5.65. The molecule has 2 rings (SSSR count). The van der Waals surface area contributed by atoms with E-state index in [4.69, 9.17) is 10.5 Å². The fourth-order valence-electron chi connectivity index (χ4n) is 2.20. The van der Waals surface area contributed by atoms with Crippen LogP contribution in [-0.4, -0.2) is 35.2 Å². The molecular weight excluding hydrogens is 266 g/mol. The van der Waals surface area contributed by atoms with Gasteiger partial charge in [-0.05, 0) is 31.5 Å². The molecule has 0 aliphatic rings. The van der Waals surface area contributed by atoms with E-state index in [9.17, 15) is 0 Å². The minimum Gasteiger partial charge on any atom is -0.481 e. The van der Waals surface area contributed by atoms with Gasteiger partial charge in [0.15, 0.2) is 0 Å². The van der Waals surface area contributed by atoms with Gasteiger partial charge in [-0.15, -0.1) is 0 Å². The second kappa shape index (κ2) is 7.54. The van der Waals surface area contributed by atoms with Gasteiger partial charge in [-0.25, -0.2) is 9.97 Å². The average molecular weight is 287 g/mol. The standard InChI is InChI=1S/C15H21N5O/c1-12-14(18-11-19-15(12)21-2)20(8-4-6-16)10-13-5-3-7-17-9-13/h3,5,7,9,11H,4,6,8,10,16H2,1-2H3. The highest BCUT2D eigenvalue weighted by Crippen LogP contribution is 2.25. The first-order valence-corrected chi connectivity index (χ1v) is 6.95. The quantitative estimate of drug-likeness (QED) is 0.832. The van der Waals surface area contributed by atoms with Crippen molar-refractivity contribution in [1.29, 1.82) is 0 Å². The Morgan fingerprint density at radius 3 is 2.86 bits per heavy atom. The van der Waals surface area contributed by atoms with Crippen molar-refractivity contribution in [2.75, 3.05) is 25.1 Å². The lowest BCUT2D eigenvalue weighted by atomic mass is 10.2. The summed E-state index contributed by atoms with van der Waals surface area (Å²) in [5.74, 6) is 1.48. The third-order valence-corrected chi connectivity index (χ3v) is 3.23. The normalized spacial score (nSPS) is 10.4. The van der Waals surface area contributed by atoms with Gasteiger partial charge in [-0.2, -0.15) is 0 Å². The zero-order valence-electron chi connectivity index (χ0n) is 12.5. The van der Waals surface area contributed by atoms with Gasteiger partial charge in [-0.3, -0.25) is 4.98 Å². The third kappa shape index (κ3) is 3.88. The summed E-state index contributed by atoms with van der Waals surface area (Å²) in [5.41, 5.74) is 7.71. The maximum Gasteiger partial charge on any atom is 0.221 e. The highest BCUT2D eigenvalue weighted by molar-refractivity contribution is 5.50. The molecule has 0 atom stereocenters. The summed E-state index contributed by atoms with van der Waals surface area (Å²) in [7, 11) is 1.62. The van der Waals surface area contributed by atoms with E-state index in [-0.39, 0.29) is 0 Å². The van der Waals surface area contributed by atoms with Gasteiger partial charge in [-0.1, -0.05) is 6.07 Å². The van der Waals surface area contributed by atoms with Crippen molar-refractivity contribution in [1.82, 2.24) is 15.0 Å². The van der Waals surface area contributed by atoms with Crippen LogP contribution in [0.25, 0.3) is 0 Å². The van der Waals surface area contributed by atoms with Gasteiger partial charge < -0.3 is 15.4 Å². The number of anilines is 1. The van der Waals surface area contributed by atoms with Crippen molar-refractivity contribution in [3.63, 3.8) is 0 Å². The van der Waals surface area contributed by atoms with Crippen molar-refractivity contribution >= 4 is 5.82 Å². The van der Waals surface area contributed by atoms with Crippen LogP contribution in [0.1, 0.15) is 17.5 Å². The predicted molar refractivity (Wildman–Crippen MR) is 82.3 cm³/mol. The predicted octanol–water partition coefficient (Wildman–Crippen LogP) is 1.54. The molecule has 21 heavy (non-hydrogen) atoms. The molecule has 2 aromatic rings. The molecule has 6 heteroatoms. The SMILES string of the molecule is COc1ncnc(N(CCCN)Cc2cccnc2)c1C. The second-order valence-corrected chi connectivity index (χ2v) is 4.76. The fourth-order valence-corrected chi connectivity index (χ4v) is 2.20. The number of pyridine rings is 1. The van der Waals surface area contributed by atoms with Crippen LogP contribution in [0.15, 0.2) is 30.9 Å². The molecule has 0 aliphatic heterocycles. The van der Waals surface area contributed by atoms with Crippen molar-refractivity contribution < 1.29 is 4.74 Å². The molecule has 112 valence electrons. The molecule has 0 unspecified atom stereocenters. The topological polar surface area (TPSA) is 77.2 Å². The second-order valence-electron chi connectivity index (χ2n) is 4.76. The Bertz CT molecular complexity index is 561. The minimum absolute atomic E-state index is 0.601. The molecule has 2 N–H and O–H groups in total. The molecule has 2 aromatic heterocycles. The number of rotatable bonds is 7. The Balaban J connectivity index is 2.27. The number of hydrogen-bond donors (Lipinski definition) is 1. The molecule has 0 amide bonds. The fraction of sp³-hybridized carbons (Fsp3) is 0.400. The van der Waals surface area contributed by atoms with Crippen molar-refractivity contribution in [3.8, 4) is 5.88 Å². The van der Waals surface area contributed by atoms with Crippen LogP contribution in [-0.2, 0) is 6.54 Å². The van der Waals surface area contributed by atoms with Crippen LogP contribution in [0.3, 0.4) is 0 Å². The summed E-state index contributed by atoms with van der Waals surface area (Å²) in [6.07, 6.45) is 6.06. The highest BCUT2D eigenvalue weighted by Gasteiger charge is 2.15. The molecule has 0 aliphatic carbocycles. The Labute approximate surface area is 125 Å². The molecule has 0 spiro atoms.